The van der Waals surface area contributed by atoms with Gasteiger partial charge in [0.1, 0.15) is 0 Å². The molecule has 0 spiro atoms. The smallest absolute Gasteiger partial charge is 0.294 e. The van der Waals surface area contributed by atoms with Gasteiger partial charge in [0.05, 0.1) is 11.3 Å². The van der Waals surface area contributed by atoms with Gasteiger partial charge in [0.15, 0.2) is 11.6 Å². The van der Waals surface area contributed by atoms with Crippen molar-refractivity contribution in [3.05, 3.63) is 29.4 Å². The molecule has 116 valence electrons. The van der Waals surface area contributed by atoms with Crippen LogP contribution in [0.4, 0.5) is 13.2 Å². The molecule has 9 heteroatoms. The van der Waals surface area contributed by atoms with Gasteiger partial charge in [-0.25, -0.2) is 13.9 Å². The molecular weight excluding hydrogens is 317 g/mol. The van der Waals surface area contributed by atoms with Crippen molar-refractivity contribution in [2.24, 2.45) is 0 Å². The van der Waals surface area contributed by atoms with Crippen LogP contribution in [0.15, 0.2) is 23.3 Å². The van der Waals surface area contributed by atoms with E-state index in [4.69, 9.17) is 0 Å². The standard InChI is InChI=1S/C13H11F3N4OS/c14-8(11(15)16)4-5-22-13-18-12-17-9-2-1-3-10(21)7(9)6-20(12)19-13/h6H,1-5H2. The Morgan fingerprint density at radius 1 is 1.27 bits per heavy atom. The first kappa shape index (κ1) is 15.0. The summed E-state index contributed by atoms with van der Waals surface area (Å²) in [6, 6.07) is 0. The van der Waals surface area contributed by atoms with E-state index in [0.29, 0.717) is 28.6 Å². The fourth-order valence-electron chi connectivity index (χ4n) is 2.20. The molecule has 0 fully saturated rings. The summed E-state index contributed by atoms with van der Waals surface area (Å²) in [5, 5.41) is 4.44. The monoisotopic (exact) mass is 328 g/mol. The Labute approximate surface area is 127 Å². The molecule has 0 radical (unpaired) electrons. The van der Waals surface area contributed by atoms with E-state index in [2.05, 4.69) is 15.1 Å². The molecule has 0 N–H and O–H groups in total. The predicted molar refractivity (Wildman–Crippen MR) is 73.7 cm³/mol. The van der Waals surface area contributed by atoms with Gasteiger partial charge in [-0.15, -0.1) is 5.10 Å². The molecule has 3 rings (SSSR count). The summed E-state index contributed by atoms with van der Waals surface area (Å²) in [6.45, 7) is 0. The zero-order valence-corrected chi connectivity index (χ0v) is 12.2. The third-order valence-corrected chi connectivity index (χ3v) is 4.11. The Balaban J connectivity index is 1.79. The van der Waals surface area contributed by atoms with Crippen LogP contribution in [0.2, 0.25) is 0 Å². The molecule has 0 atom stereocenters. The number of hydrogen-bond acceptors (Lipinski definition) is 5. The van der Waals surface area contributed by atoms with Crippen LogP contribution in [0.25, 0.3) is 5.78 Å². The van der Waals surface area contributed by atoms with E-state index in [1.54, 1.807) is 6.20 Å². The quantitative estimate of drug-likeness (QED) is 0.807. The molecule has 0 saturated carbocycles. The zero-order chi connectivity index (χ0) is 15.7. The van der Waals surface area contributed by atoms with Crippen LogP contribution in [-0.4, -0.2) is 31.1 Å². The van der Waals surface area contributed by atoms with Crippen LogP contribution in [0.3, 0.4) is 0 Å². The summed E-state index contributed by atoms with van der Waals surface area (Å²) in [7, 11) is 0. The minimum atomic E-state index is -2.29. The highest BCUT2D eigenvalue weighted by molar-refractivity contribution is 7.99. The molecule has 0 aromatic carbocycles. The predicted octanol–water partition coefficient (Wildman–Crippen LogP) is 3.20. The number of allylic oxidation sites excluding steroid dienone is 1. The number of rotatable bonds is 4. The summed E-state index contributed by atoms with van der Waals surface area (Å²) in [5.74, 6) is -0.941. The van der Waals surface area contributed by atoms with Crippen LogP contribution in [0, 0.1) is 0 Å². The molecule has 0 saturated heterocycles. The Morgan fingerprint density at radius 3 is 2.86 bits per heavy atom. The Bertz CT molecular complexity index is 770. The summed E-state index contributed by atoms with van der Waals surface area (Å²) < 4.78 is 38.0. The number of fused-ring (bicyclic) bond motifs is 2. The second-order valence-electron chi connectivity index (χ2n) is 4.78. The second kappa shape index (κ2) is 6.07. The van der Waals surface area contributed by atoms with Gasteiger partial charge in [0.2, 0.25) is 5.16 Å². The molecule has 1 aliphatic carbocycles. The normalized spacial score (nSPS) is 14.2. The molecule has 2 aromatic heterocycles. The highest BCUT2D eigenvalue weighted by Crippen LogP contribution is 2.23. The number of ketones is 1. The molecule has 2 aromatic rings. The molecule has 1 aliphatic rings. The van der Waals surface area contributed by atoms with Crippen molar-refractivity contribution in [3.63, 3.8) is 0 Å². The Hall–Kier alpha value is -1.90. The summed E-state index contributed by atoms with van der Waals surface area (Å²) >= 11 is 1.06. The highest BCUT2D eigenvalue weighted by Gasteiger charge is 2.20. The van der Waals surface area contributed by atoms with Crippen molar-refractivity contribution in [1.82, 2.24) is 19.6 Å². The summed E-state index contributed by atoms with van der Waals surface area (Å²) in [5.41, 5.74) is 1.26. The van der Waals surface area contributed by atoms with E-state index >= 15 is 0 Å². The number of thioether (sulfide) groups is 1. The van der Waals surface area contributed by atoms with Gasteiger partial charge in [0, 0.05) is 24.8 Å². The number of aryl methyl sites for hydroxylation is 1. The van der Waals surface area contributed by atoms with Gasteiger partial charge in [-0.3, -0.25) is 4.79 Å². The number of hydrogen-bond donors (Lipinski definition) is 0. The first-order chi connectivity index (χ1) is 10.5. The molecule has 2 heterocycles. The second-order valence-corrected chi connectivity index (χ2v) is 5.84. The lowest BCUT2D eigenvalue weighted by Crippen LogP contribution is -2.14. The first-order valence-electron chi connectivity index (χ1n) is 6.66. The number of carbonyl (C=O) groups is 1. The van der Waals surface area contributed by atoms with E-state index in [-0.39, 0.29) is 18.0 Å². The average Bonchev–Trinajstić information content (AvgIpc) is 2.87. The van der Waals surface area contributed by atoms with Crippen molar-refractivity contribution in [1.29, 1.82) is 0 Å². The van der Waals surface area contributed by atoms with Gasteiger partial charge in [-0.05, 0) is 12.8 Å². The number of aromatic nitrogens is 4. The van der Waals surface area contributed by atoms with Crippen molar-refractivity contribution in [2.45, 2.75) is 30.8 Å². The molecule has 0 aliphatic heterocycles. The van der Waals surface area contributed by atoms with Crippen LogP contribution >= 0.6 is 11.8 Å². The highest BCUT2D eigenvalue weighted by atomic mass is 32.2. The van der Waals surface area contributed by atoms with Gasteiger partial charge < -0.3 is 0 Å². The van der Waals surface area contributed by atoms with E-state index in [1.807, 2.05) is 0 Å². The molecular formula is C13H11F3N4OS. The van der Waals surface area contributed by atoms with Crippen molar-refractivity contribution < 1.29 is 18.0 Å². The maximum atomic E-state index is 12.7. The van der Waals surface area contributed by atoms with Gasteiger partial charge in [0.25, 0.3) is 5.78 Å². The van der Waals surface area contributed by atoms with Crippen molar-refractivity contribution >= 4 is 23.3 Å². The maximum absolute atomic E-state index is 12.7. The lowest BCUT2D eigenvalue weighted by Gasteiger charge is -2.12. The van der Waals surface area contributed by atoms with E-state index in [1.165, 1.54) is 4.52 Å². The van der Waals surface area contributed by atoms with E-state index in [0.717, 1.165) is 24.6 Å². The van der Waals surface area contributed by atoms with Crippen LogP contribution < -0.4 is 0 Å². The largest absolute Gasteiger partial charge is 0.301 e. The number of carbonyl (C=O) groups excluding carboxylic acids is 1. The van der Waals surface area contributed by atoms with Gasteiger partial charge in [-0.2, -0.15) is 13.8 Å². The Kier molecular flexibility index (Phi) is 4.14. The number of halogens is 3. The molecule has 5 nitrogen and oxygen atoms in total. The molecule has 0 bridgehead atoms. The first-order valence-corrected chi connectivity index (χ1v) is 7.65. The minimum absolute atomic E-state index is 0.0333. The number of nitrogens with zero attached hydrogens (tertiary/aromatic N) is 4. The minimum Gasteiger partial charge on any atom is -0.294 e. The average molecular weight is 328 g/mol. The molecule has 0 unspecified atom stereocenters. The van der Waals surface area contributed by atoms with E-state index in [9.17, 15) is 18.0 Å². The van der Waals surface area contributed by atoms with E-state index < -0.39 is 11.9 Å². The SMILES string of the molecule is O=C1CCCc2nc3nc(SCCC(F)=C(F)F)nn3cc21. The third-order valence-electron chi connectivity index (χ3n) is 3.27. The fourth-order valence-corrected chi connectivity index (χ4v) is 2.95. The summed E-state index contributed by atoms with van der Waals surface area (Å²) in [6.07, 6.45) is 0.903. The van der Waals surface area contributed by atoms with Gasteiger partial charge in [-0.1, -0.05) is 11.8 Å². The van der Waals surface area contributed by atoms with Crippen LogP contribution in [0.5, 0.6) is 0 Å². The van der Waals surface area contributed by atoms with Crippen LogP contribution in [0.1, 0.15) is 35.3 Å². The molecule has 22 heavy (non-hydrogen) atoms. The summed E-state index contributed by atoms with van der Waals surface area (Å²) in [4.78, 5) is 20.3. The zero-order valence-electron chi connectivity index (χ0n) is 11.4. The van der Waals surface area contributed by atoms with Crippen molar-refractivity contribution in [2.75, 3.05) is 5.75 Å². The van der Waals surface area contributed by atoms with Gasteiger partial charge >= 0.3 is 6.08 Å². The third kappa shape index (κ3) is 2.99. The lowest BCUT2D eigenvalue weighted by atomic mass is 9.96. The fraction of sp³-hybridized carbons (Fsp3) is 0.385. The van der Waals surface area contributed by atoms with Crippen molar-refractivity contribution in [3.8, 4) is 0 Å². The Morgan fingerprint density at radius 2 is 2.09 bits per heavy atom. The van der Waals surface area contributed by atoms with Crippen LogP contribution in [-0.2, 0) is 6.42 Å². The lowest BCUT2D eigenvalue weighted by molar-refractivity contribution is 0.0971. The molecule has 0 amide bonds. The maximum Gasteiger partial charge on any atom is 0.301 e. The topological polar surface area (TPSA) is 60.2 Å². The number of Topliss-reactive ketones (excluding diaryl/α,β-unsaturated/α-hetero) is 1.